The average Bonchev–Trinajstić information content (AvgIpc) is 2.59. The van der Waals surface area contributed by atoms with Crippen molar-refractivity contribution >= 4 is 25.0 Å². The highest BCUT2D eigenvalue weighted by Gasteiger charge is 2.14. The van der Waals surface area contributed by atoms with Gasteiger partial charge in [-0.25, -0.2) is 15.0 Å². The molecule has 8 nitrogen and oxygen atoms in total. The molecule has 2 rings (SSSR count). The standard InChI is InChI=1S/C6H6N5O3P/c7-5-4-6(9-1-8-5)11(2-10-4)14-3-15(12)13/h1-2H,3H2,(H2-,7,8,9,12,13)/p+1. The number of nitrogens with two attached hydrogens (primary N) is 1. The van der Waals surface area contributed by atoms with Gasteiger partial charge in [-0.3, -0.25) is 0 Å². The molecule has 0 aliphatic rings. The summed E-state index contributed by atoms with van der Waals surface area (Å²) >= 11 is 0. The molecule has 78 valence electrons. The van der Waals surface area contributed by atoms with Crippen LogP contribution in [0.15, 0.2) is 12.7 Å². The third kappa shape index (κ3) is 1.85. The van der Waals surface area contributed by atoms with Gasteiger partial charge < -0.3 is 10.6 Å². The predicted molar refractivity (Wildman–Crippen MR) is 51.0 cm³/mol. The van der Waals surface area contributed by atoms with Crippen LogP contribution < -0.4 is 10.6 Å². The maximum Gasteiger partial charge on any atom is 0.549 e. The largest absolute Gasteiger partial charge is 0.549 e. The molecule has 0 bridgehead atoms. The predicted octanol–water partition coefficient (Wildman–Crippen LogP) is -0.471. The molecule has 2 aromatic rings. The Morgan fingerprint density at radius 2 is 2.33 bits per heavy atom. The highest BCUT2D eigenvalue weighted by atomic mass is 31.1. The molecular formula is C6H7N5O3P+. The monoisotopic (exact) mass is 228 g/mol. The summed E-state index contributed by atoms with van der Waals surface area (Å²) in [7, 11) is -2.36. The van der Waals surface area contributed by atoms with Crippen molar-refractivity contribution < 1.29 is 14.3 Å². The summed E-state index contributed by atoms with van der Waals surface area (Å²) in [6.45, 7) is 0. The van der Waals surface area contributed by atoms with Crippen LogP contribution in [0.1, 0.15) is 0 Å². The van der Waals surface area contributed by atoms with Crippen molar-refractivity contribution in [1.29, 1.82) is 0 Å². The maximum atomic E-state index is 10.4. The molecule has 2 aromatic heterocycles. The quantitative estimate of drug-likeness (QED) is 0.682. The Balaban J connectivity index is 2.37. The van der Waals surface area contributed by atoms with E-state index in [4.69, 9.17) is 15.5 Å². The fourth-order valence-electron chi connectivity index (χ4n) is 1.04. The highest BCUT2D eigenvalue weighted by Crippen LogP contribution is 2.15. The lowest BCUT2D eigenvalue weighted by Crippen LogP contribution is -2.10. The van der Waals surface area contributed by atoms with E-state index in [2.05, 4.69) is 15.0 Å². The minimum Gasteiger partial charge on any atom is -0.382 e. The van der Waals surface area contributed by atoms with E-state index < -0.39 is 8.03 Å². The number of hydrogen-bond acceptors (Lipinski definition) is 6. The number of nitrogens with zero attached hydrogens (tertiary/aromatic N) is 4. The van der Waals surface area contributed by atoms with Gasteiger partial charge in [0.15, 0.2) is 11.3 Å². The molecule has 0 aliphatic heterocycles. The van der Waals surface area contributed by atoms with Crippen molar-refractivity contribution in [2.45, 2.75) is 0 Å². The number of nitrogen functional groups attached to an aromatic ring is 1. The molecule has 0 saturated heterocycles. The molecular weight excluding hydrogens is 221 g/mol. The van der Waals surface area contributed by atoms with Gasteiger partial charge in [-0.1, -0.05) is 0 Å². The lowest BCUT2D eigenvalue weighted by atomic mass is 10.5. The molecule has 9 heteroatoms. The van der Waals surface area contributed by atoms with E-state index in [0.717, 1.165) is 0 Å². The fourth-order valence-corrected chi connectivity index (χ4v) is 1.26. The van der Waals surface area contributed by atoms with Crippen LogP contribution in [-0.4, -0.2) is 30.9 Å². The first-order valence-electron chi connectivity index (χ1n) is 3.89. The van der Waals surface area contributed by atoms with Crippen LogP contribution in [0, 0.1) is 0 Å². The second kappa shape index (κ2) is 3.76. The van der Waals surface area contributed by atoms with Crippen LogP contribution in [0.4, 0.5) is 5.82 Å². The van der Waals surface area contributed by atoms with Gasteiger partial charge in [-0.15, -0.1) is 4.73 Å². The van der Waals surface area contributed by atoms with Crippen LogP contribution in [-0.2, 0) is 4.57 Å². The molecule has 0 aromatic carbocycles. The SMILES string of the molecule is Nc1ncnc2c1ncn2OC[P+](=O)O. The summed E-state index contributed by atoms with van der Waals surface area (Å²) in [6, 6.07) is 0. The molecule has 0 radical (unpaired) electrons. The molecule has 0 spiro atoms. The lowest BCUT2D eigenvalue weighted by Gasteiger charge is -1.98. The molecule has 1 unspecified atom stereocenters. The fraction of sp³-hybridized carbons (Fsp3) is 0.167. The Bertz CT molecular complexity index is 512. The first kappa shape index (κ1) is 9.75. The van der Waals surface area contributed by atoms with Gasteiger partial charge in [0.2, 0.25) is 5.65 Å². The molecule has 1 atom stereocenters. The highest BCUT2D eigenvalue weighted by molar-refractivity contribution is 7.37. The summed E-state index contributed by atoms with van der Waals surface area (Å²) in [5.74, 6) is 0.232. The number of imidazole rings is 1. The van der Waals surface area contributed by atoms with Crippen LogP contribution in [0.3, 0.4) is 0 Å². The van der Waals surface area contributed by atoms with Crippen molar-refractivity contribution in [2.24, 2.45) is 0 Å². The van der Waals surface area contributed by atoms with Gasteiger partial charge in [-0.05, 0) is 4.57 Å². The summed E-state index contributed by atoms with van der Waals surface area (Å²) < 4.78 is 11.6. The molecule has 3 N–H and O–H groups in total. The van der Waals surface area contributed by atoms with E-state index in [1.165, 1.54) is 17.4 Å². The van der Waals surface area contributed by atoms with Crippen LogP contribution in [0.5, 0.6) is 0 Å². The van der Waals surface area contributed by atoms with E-state index in [1.54, 1.807) is 0 Å². The minimum absolute atomic E-state index is 0.232. The van der Waals surface area contributed by atoms with Gasteiger partial charge in [0.25, 0.3) is 0 Å². The third-order valence-corrected chi connectivity index (χ3v) is 1.98. The summed E-state index contributed by atoms with van der Waals surface area (Å²) in [5.41, 5.74) is 6.29. The first-order valence-corrected chi connectivity index (χ1v) is 5.28. The Kier molecular flexibility index (Phi) is 2.44. The van der Waals surface area contributed by atoms with E-state index >= 15 is 0 Å². The smallest absolute Gasteiger partial charge is 0.382 e. The average molecular weight is 228 g/mol. The molecule has 15 heavy (non-hydrogen) atoms. The van der Waals surface area contributed by atoms with Crippen LogP contribution in [0.2, 0.25) is 0 Å². The molecule has 0 amide bonds. The van der Waals surface area contributed by atoms with Gasteiger partial charge in [0.05, 0.1) is 0 Å². The third-order valence-electron chi connectivity index (χ3n) is 1.64. The van der Waals surface area contributed by atoms with E-state index in [0.29, 0.717) is 11.2 Å². The zero-order valence-corrected chi connectivity index (χ0v) is 8.33. The molecule has 2 heterocycles. The second-order valence-electron chi connectivity index (χ2n) is 2.61. The normalized spacial score (nSPS) is 11.7. The van der Waals surface area contributed by atoms with E-state index in [1.807, 2.05) is 0 Å². The second-order valence-corrected chi connectivity index (χ2v) is 3.57. The van der Waals surface area contributed by atoms with Gasteiger partial charge in [-0.2, -0.15) is 4.89 Å². The number of fused-ring (bicyclic) bond motifs is 1. The Hall–Kier alpha value is -1.79. The summed E-state index contributed by atoms with van der Waals surface area (Å²) in [5, 5.41) is 0. The number of aromatic nitrogens is 4. The Labute approximate surface area is 84.5 Å². The number of rotatable bonds is 3. The minimum atomic E-state index is -2.36. The molecule has 0 saturated carbocycles. The maximum absolute atomic E-state index is 10.4. The van der Waals surface area contributed by atoms with Gasteiger partial charge in [0.1, 0.15) is 12.7 Å². The summed E-state index contributed by atoms with van der Waals surface area (Å²) in [6.07, 6.45) is 2.25. The first-order chi connectivity index (χ1) is 7.18. The van der Waals surface area contributed by atoms with Gasteiger partial charge in [0, 0.05) is 0 Å². The topological polar surface area (TPSA) is 116 Å². The van der Waals surface area contributed by atoms with Crippen molar-refractivity contribution in [2.75, 3.05) is 12.1 Å². The van der Waals surface area contributed by atoms with E-state index in [-0.39, 0.29) is 12.2 Å². The Morgan fingerprint density at radius 3 is 3.07 bits per heavy atom. The van der Waals surface area contributed by atoms with Crippen molar-refractivity contribution in [3.8, 4) is 0 Å². The van der Waals surface area contributed by atoms with Crippen molar-refractivity contribution in [3.63, 3.8) is 0 Å². The zero-order valence-electron chi connectivity index (χ0n) is 7.44. The van der Waals surface area contributed by atoms with Crippen molar-refractivity contribution in [3.05, 3.63) is 12.7 Å². The lowest BCUT2D eigenvalue weighted by molar-refractivity contribution is 0.152. The molecule has 0 aliphatic carbocycles. The molecule has 0 fully saturated rings. The number of hydrogen-bond donors (Lipinski definition) is 2. The summed E-state index contributed by atoms with van der Waals surface area (Å²) in [4.78, 5) is 25.1. The van der Waals surface area contributed by atoms with Gasteiger partial charge >= 0.3 is 14.4 Å². The van der Waals surface area contributed by atoms with Crippen LogP contribution in [0.25, 0.3) is 11.2 Å². The van der Waals surface area contributed by atoms with E-state index in [9.17, 15) is 4.57 Å². The van der Waals surface area contributed by atoms with Crippen molar-refractivity contribution in [1.82, 2.24) is 19.7 Å². The number of anilines is 1. The van der Waals surface area contributed by atoms with Crippen LogP contribution >= 0.6 is 8.03 Å². The zero-order chi connectivity index (χ0) is 10.8. The Morgan fingerprint density at radius 1 is 1.53 bits per heavy atom.